The van der Waals surface area contributed by atoms with Crippen molar-refractivity contribution in [1.29, 1.82) is 0 Å². The number of hydrogen-bond donors (Lipinski definition) is 2. The summed E-state index contributed by atoms with van der Waals surface area (Å²) in [5.41, 5.74) is 0.638. The zero-order valence-electron chi connectivity index (χ0n) is 9.36. The molecule has 2 rings (SSSR count). The number of nitrogens with one attached hydrogen (secondary N) is 2. The van der Waals surface area contributed by atoms with Crippen molar-refractivity contribution in [2.45, 2.75) is 19.4 Å². The van der Waals surface area contributed by atoms with Crippen LogP contribution in [0.25, 0.3) is 0 Å². The van der Waals surface area contributed by atoms with Crippen LogP contribution in [0, 0.1) is 10.1 Å². The summed E-state index contributed by atoms with van der Waals surface area (Å²) in [4.78, 5) is 10.6. The van der Waals surface area contributed by atoms with Gasteiger partial charge in [-0.15, -0.1) is 0 Å². The standard InChI is InChI=1S/C9H15N5O2/c1-3-7-8(14(15)16)9(13(2)12-7)11-6-4-10-5-6/h6,10-11H,3-5H2,1-2H3. The number of rotatable bonds is 4. The van der Waals surface area contributed by atoms with Crippen LogP contribution in [0.3, 0.4) is 0 Å². The van der Waals surface area contributed by atoms with Crippen molar-refractivity contribution >= 4 is 11.5 Å². The molecule has 1 aliphatic heterocycles. The molecule has 0 aliphatic carbocycles. The van der Waals surface area contributed by atoms with E-state index in [0.717, 1.165) is 13.1 Å². The van der Waals surface area contributed by atoms with Gasteiger partial charge in [0.25, 0.3) is 0 Å². The lowest BCUT2D eigenvalue weighted by molar-refractivity contribution is -0.384. The minimum absolute atomic E-state index is 0.108. The molecular weight excluding hydrogens is 210 g/mol. The fraction of sp³-hybridized carbons (Fsp3) is 0.667. The maximum atomic E-state index is 11.0. The SMILES string of the molecule is CCc1nn(C)c(NC2CNC2)c1[N+](=O)[O-]. The zero-order valence-corrected chi connectivity index (χ0v) is 9.36. The highest BCUT2D eigenvalue weighted by Gasteiger charge is 2.28. The second-order valence-corrected chi connectivity index (χ2v) is 3.88. The second kappa shape index (κ2) is 4.09. The summed E-state index contributed by atoms with van der Waals surface area (Å²) < 4.78 is 1.55. The molecule has 1 aliphatic rings. The number of aryl methyl sites for hydroxylation is 2. The molecule has 0 radical (unpaired) electrons. The monoisotopic (exact) mass is 225 g/mol. The first-order valence-corrected chi connectivity index (χ1v) is 5.31. The molecule has 0 aromatic carbocycles. The Labute approximate surface area is 93.0 Å². The van der Waals surface area contributed by atoms with Gasteiger partial charge in [0.15, 0.2) is 0 Å². The highest BCUT2D eigenvalue weighted by molar-refractivity contribution is 5.60. The van der Waals surface area contributed by atoms with Crippen LogP contribution in [0.2, 0.25) is 0 Å². The van der Waals surface area contributed by atoms with Crippen LogP contribution in [-0.2, 0) is 13.5 Å². The highest BCUT2D eigenvalue weighted by atomic mass is 16.6. The summed E-state index contributed by atoms with van der Waals surface area (Å²) in [5.74, 6) is 0.508. The third-order valence-electron chi connectivity index (χ3n) is 2.73. The molecule has 0 atom stereocenters. The van der Waals surface area contributed by atoms with E-state index >= 15 is 0 Å². The molecule has 16 heavy (non-hydrogen) atoms. The van der Waals surface area contributed by atoms with E-state index in [9.17, 15) is 10.1 Å². The Morgan fingerprint density at radius 2 is 2.38 bits per heavy atom. The Hall–Kier alpha value is -1.63. The molecule has 1 fully saturated rings. The van der Waals surface area contributed by atoms with Crippen molar-refractivity contribution in [3.8, 4) is 0 Å². The van der Waals surface area contributed by atoms with Crippen LogP contribution in [0.1, 0.15) is 12.6 Å². The number of nitrogens with zero attached hydrogens (tertiary/aromatic N) is 3. The van der Waals surface area contributed by atoms with Gasteiger partial charge < -0.3 is 10.6 Å². The normalized spacial score (nSPS) is 15.9. The van der Waals surface area contributed by atoms with Gasteiger partial charge in [0, 0.05) is 20.1 Å². The molecular formula is C9H15N5O2. The van der Waals surface area contributed by atoms with E-state index in [4.69, 9.17) is 0 Å². The van der Waals surface area contributed by atoms with E-state index in [-0.39, 0.29) is 16.7 Å². The Morgan fingerprint density at radius 1 is 1.69 bits per heavy atom. The largest absolute Gasteiger partial charge is 0.359 e. The summed E-state index contributed by atoms with van der Waals surface area (Å²) in [5, 5.41) is 21.4. The third kappa shape index (κ3) is 1.73. The first kappa shape index (κ1) is 10.9. The van der Waals surface area contributed by atoms with E-state index < -0.39 is 0 Å². The minimum Gasteiger partial charge on any atom is -0.359 e. The molecule has 0 bridgehead atoms. The van der Waals surface area contributed by atoms with Gasteiger partial charge in [0.2, 0.25) is 5.82 Å². The molecule has 7 heteroatoms. The van der Waals surface area contributed by atoms with Crippen LogP contribution in [-0.4, -0.2) is 33.8 Å². The van der Waals surface area contributed by atoms with Crippen LogP contribution in [0.4, 0.5) is 11.5 Å². The van der Waals surface area contributed by atoms with Gasteiger partial charge in [-0.2, -0.15) is 5.10 Å². The molecule has 2 heterocycles. The minimum atomic E-state index is -0.361. The van der Waals surface area contributed by atoms with Crippen molar-refractivity contribution in [3.05, 3.63) is 15.8 Å². The van der Waals surface area contributed by atoms with Crippen molar-refractivity contribution < 1.29 is 4.92 Å². The van der Waals surface area contributed by atoms with E-state index in [0.29, 0.717) is 17.9 Å². The Kier molecular flexibility index (Phi) is 2.78. The quantitative estimate of drug-likeness (QED) is 0.567. The average Bonchev–Trinajstić information content (AvgIpc) is 2.48. The summed E-state index contributed by atoms with van der Waals surface area (Å²) in [6.45, 7) is 3.54. The van der Waals surface area contributed by atoms with Crippen LogP contribution >= 0.6 is 0 Å². The molecule has 0 saturated carbocycles. The second-order valence-electron chi connectivity index (χ2n) is 3.88. The Morgan fingerprint density at radius 3 is 2.81 bits per heavy atom. The highest BCUT2D eigenvalue weighted by Crippen LogP contribution is 2.29. The lowest BCUT2D eigenvalue weighted by atomic mass is 10.2. The molecule has 0 amide bonds. The van der Waals surface area contributed by atoms with Crippen molar-refractivity contribution in [2.75, 3.05) is 18.4 Å². The van der Waals surface area contributed by atoms with E-state index in [1.807, 2.05) is 6.92 Å². The fourth-order valence-corrected chi connectivity index (χ4v) is 1.74. The summed E-state index contributed by atoms with van der Waals surface area (Å²) in [7, 11) is 1.72. The first-order valence-electron chi connectivity index (χ1n) is 5.31. The topological polar surface area (TPSA) is 85.0 Å². The maximum Gasteiger partial charge on any atom is 0.333 e. The smallest absolute Gasteiger partial charge is 0.333 e. The first-order chi connectivity index (χ1) is 7.63. The fourth-order valence-electron chi connectivity index (χ4n) is 1.74. The summed E-state index contributed by atoms with van der Waals surface area (Å²) >= 11 is 0. The molecule has 1 aromatic rings. The van der Waals surface area contributed by atoms with Gasteiger partial charge in [-0.1, -0.05) is 6.92 Å². The zero-order chi connectivity index (χ0) is 11.7. The maximum absolute atomic E-state index is 11.0. The van der Waals surface area contributed by atoms with Crippen molar-refractivity contribution in [3.63, 3.8) is 0 Å². The molecule has 1 saturated heterocycles. The van der Waals surface area contributed by atoms with Crippen LogP contribution in [0.5, 0.6) is 0 Å². The van der Waals surface area contributed by atoms with Gasteiger partial charge in [-0.3, -0.25) is 10.1 Å². The summed E-state index contributed by atoms with van der Waals surface area (Å²) in [6, 6.07) is 0.263. The Balaban J connectivity index is 2.32. The summed E-state index contributed by atoms with van der Waals surface area (Å²) in [6.07, 6.45) is 0.564. The van der Waals surface area contributed by atoms with Crippen molar-refractivity contribution in [1.82, 2.24) is 15.1 Å². The molecule has 88 valence electrons. The number of nitro groups is 1. The van der Waals surface area contributed by atoms with Crippen LogP contribution < -0.4 is 10.6 Å². The van der Waals surface area contributed by atoms with Gasteiger partial charge >= 0.3 is 5.69 Å². The molecule has 0 unspecified atom stereocenters. The van der Waals surface area contributed by atoms with E-state index in [2.05, 4.69) is 15.7 Å². The van der Waals surface area contributed by atoms with E-state index in [1.165, 1.54) is 0 Å². The number of aromatic nitrogens is 2. The predicted molar refractivity (Wildman–Crippen MR) is 59.5 cm³/mol. The van der Waals surface area contributed by atoms with Gasteiger partial charge in [-0.05, 0) is 6.42 Å². The van der Waals surface area contributed by atoms with Crippen LogP contribution in [0.15, 0.2) is 0 Å². The molecule has 2 N–H and O–H groups in total. The number of anilines is 1. The molecule has 1 aromatic heterocycles. The lowest BCUT2D eigenvalue weighted by Gasteiger charge is -2.28. The van der Waals surface area contributed by atoms with Gasteiger partial charge in [0.05, 0.1) is 11.0 Å². The van der Waals surface area contributed by atoms with Crippen molar-refractivity contribution in [2.24, 2.45) is 7.05 Å². The third-order valence-corrected chi connectivity index (χ3v) is 2.73. The molecule has 7 nitrogen and oxygen atoms in total. The lowest BCUT2D eigenvalue weighted by Crippen LogP contribution is -2.51. The van der Waals surface area contributed by atoms with E-state index in [1.54, 1.807) is 11.7 Å². The Bertz CT molecular complexity index is 410. The van der Waals surface area contributed by atoms with Gasteiger partial charge in [-0.25, -0.2) is 4.68 Å². The number of hydrogen-bond acceptors (Lipinski definition) is 5. The predicted octanol–water partition coefficient (Wildman–Crippen LogP) is 0.274. The molecule has 0 spiro atoms. The average molecular weight is 225 g/mol. The van der Waals surface area contributed by atoms with Gasteiger partial charge in [0.1, 0.15) is 5.69 Å².